The molecule has 0 aromatic heterocycles. The first kappa shape index (κ1) is 14.0. The van der Waals surface area contributed by atoms with Crippen LogP contribution >= 0.6 is 8.25 Å². The van der Waals surface area contributed by atoms with Gasteiger partial charge in [-0.25, -0.2) is 0 Å². The first-order chi connectivity index (χ1) is 6.52. The molecule has 0 rings (SSSR count). The van der Waals surface area contributed by atoms with E-state index in [-0.39, 0.29) is 26.1 Å². The minimum Gasteiger partial charge on any atom is -0.368 e. The predicted molar refractivity (Wildman–Crippen MR) is 46.6 cm³/mol. The maximum absolute atomic E-state index is 10.8. The second kappa shape index (κ2) is 8.31. The molecule has 8 heteroatoms. The summed E-state index contributed by atoms with van der Waals surface area (Å²) in [4.78, 5) is 0. The van der Waals surface area contributed by atoms with Crippen LogP contribution in [0.1, 0.15) is 12.8 Å². The van der Waals surface area contributed by atoms with Crippen LogP contribution < -0.4 is 0 Å². The molecular weight excluding hydrogens is 215 g/mol. The second-order valence-electron chi connectivity index (χ2n) is 2.49. The molecule has 0 aliphatic carbocycles. The zero-order chi connectivity index (χ0) is 11.0. The van der Waals surface area contributed by atoms with E-state index in [1.54, 1.807) is 0 Å². The van der Waals surface area contributed by atoms with Gasteiger partial charge in [-0.05, 0) is 0 Å². The highest BCUT2D eigenvalue weighted by Crippen LogP contribution is 2.24. The van der Waals surface area contributed by atoms with Crippen LogP contribution in [0.25, 0.3) is 0 Å². The van der Waals surface area contributed by atoms with Gasteiger partial charge in [0.15, 0.2) is 12.6 Å². The predicted octanol–water partition coefficient (Wildman–Crippen LogP) is -1.19. The Morgan fingerprint density at radius 2 is 1.29 bits per heavy atom. The number of hydrogen-bond acceptors (Lipinski definition) is 7. The highest BCUT2D eigenvalue weighted by atomic mass is 31.1. The molecule has 0 radical (unpaired) electrons. The Kier molecular flexibility index (Phi) is 8.30. The molecule has 0 aromatic carbocycles. The number of aliphatic hydroxyl groups excluding tert-OH is 2. The third kappa shape index (κ3) is 10.1. The van der Waals surface area contributed by atoms with Gasteiger partial charge in [-0.3, -0.25) is 4.57 Å². The highest BCUT2D eigenvalue weighted by molar-refractivity contribution is 7.33. The highest BCUT2D eigenvalue weighted by Gasteiger charge is 2.04. The Balaban J connectivity index is 3.28. The van der Waals surface area contributed by atoms with E-state index in [9.17, 15) is 4.57 Å². The Hall–Kier alpha value is -0.0100. The van der Waals surface area contributed by atoms with Crippen molar-refractivity contribution in [1.29, 1.82) is 0 Å². The molecule has 0 aromatic rings. The van der Waals surface area contributed by atoms with Crippen LogP contribution in [0.5, 0.6) is 0 Å². The van der Waals surface area contributed by atoms with Crippen LogP contribution in [0.2, 0.25) is 0 Å². The van der Waals surface area contributed by atoms with Gasteiger partial charge >= 0.3 is 8.25 Å². The van der Waals surface area contributed by atoms with Gasteiger partial charge in [-0.2, -0.15) is 0 Å². The van der Waals surface area contributed by atoms with Gasteiger partial charge in [0.25, 0.3) is 0 Å². The molecule has 0 amide bonds. The lowest BCUT2D eigenvalue weighted by molar-refractivity contribution is -0.0547. The average Bonchev–Trinajstić information content (AvgIpc) is 2.02. The summed E-state index contributed by atoms with van der Waals surface area (Å²) in [6, 6.07) is 0. The average molecular weight is 230 g/mol. The van der Waals surface area contributed by atoms with E-state index in [0.717, 1.165) is 0 Å². The Morgan fingerprint density at radius 3 is 1.57 bits per heavy atom. The zero-order valence-electron chi connectivity index (χ0n) is 7.50. The monoisotopic (exact) mass is 230 g/mol. The van der Waals surface area contributed by atoms with E-state index in [1.165, 1.54) is 0 Å². The molecule has 0 unspecified atom stereocenters. The van der Waals surface area contributed by atoms with Gasteiger partial charge in [0.1, 0.15) is 0 Å². The quantitative estimate of drug-likeness (QED) is 0.306. The van der Waals surface area contributed by atoms with E-state index < -0.39 is 20.8 Å². The Labute approximate surface area is 81.8 Å². The third-order valence-corrected chi connectivity index (χ3v) is 2.07. The second-order valence-corrected chi connectivity index (χ2v) is 3.56. The minimum atomic E-state index is -2.68. The molecule has 0 saturated carbocycles. The lowest BCUT2D eigenvalue weighted by Crippen LogP contribution is -2.08. The van der Waals surface area contributed by atoms with Crippen molar-refractivity contribution in [2.75, 3.05) is 13.2 Å². The zero-order valence-corrected chi connectivity index (χ0v) is 8.50. The van der Waals surface area contributed by atoms with Crippen LogP contribution in [-0.4, -0.2) is 46.2 Å². The first-order valence-corrected chi connectivity index (χ1v) is 5.26. The van der Waals surface area contributed by atoms with Crippen LogP contribution in [0.3, 0.4) is 0 Å². The molecule has 0 atom stereocenters. The standard InChI is InChI=1S/C6H15O7P/c7-5(8)1-3-12-14(11)13-4-2-6(9)10/h5-10,14H,1-4H2. The maximum atomic E-state index is 10.8. The van der Waals surface area contributed by atoms with Gasteiger partial charge in [0, 0.05) is 12.8 Å². The lowest BCUT2D eigenvalue weighted by Gasteiger charge is -2.06. The molecule has 0 bridgehead atoms. The van der Waals surface area contributed by atoms with E-state index in [1.807, 2.05) is 0 Å². The van der Waals surface area contributed by atoms with E-state index in [0.29, 0.717) is 0 Å². The van der Waals surface area contributed by atoms with Crippen molar-refractivity contribution >= 4 is 8.25 Å². The van der Waals surface area contributed by atoms with Crippen molar-refractivity contribution in [3.05, 3.63) is 0 Å². The summed E-state index contributed by atoms with van der Waals surface area (Å²) < 4.78 is 20.0. The molecule has 14 heavy (non-hydrogen) atoms. The van der Waals surface area contributed by atoms with Crippen molar-refractivity contribution < 1.29 is 34.0 Å². The first-order valence-electron chi connectivity index (χ1n) is 4.04. The molecule has 0 spiro atoms. The van der Waals surface area contributed by atoms with Crippen LogP contribution in [0.4, 0.5) is 0 Å². The molecule has 0 aliphatic heterocycles. The number of rotatable bonds is 8. The van der Waals surface area contributed by atoms with Gasteiger partial charge < -0.3 is 29.5 Å². The lowest BCUT2D eigenvalue weighted by atomic mass is 10.5. The van der Waals surface area contributed by atoms with Crippen molar-refractivity contribution in [3.8, 4) is 0 Å². The van der Waals surface area contributed by atoms with Gasteiger partial charge in [0.05, 0.1) is 13.2 Å². The van der Waals surface area contributed by atoms with Gasteiger partial charge in [0.2, 0.25) is 0 Å². The largest absolute Gasteiger partial charge is 0.368 e. The fourth-order valence-electron chi connectivity index (χ4n) is 0.537. The van der Waals surface area contributed by atoms with Crippen molar-refractivity contribution in [2.24, 2.45) is 0 Å². The Bertz CT molecular complexity index is 144. The van der Waals surface area contributed by atoms with E-state index >= 15 is 0 Å². The normalized spacial score (nSPS) is 11.9. The molecule has 0 aliphatic rings. The minimum absolute atomic E-state index is 0.0532. The molecule has 0 saturated heterocycles. The van der Waals surface area contributed by atoms with Crippen LogP contribution in [0.15, 0.2) is 0 Å². The summed E-state index contributed by atoms with van der Waals surface area (Å²) in [5.74, 6) is 0. The molecule has 4 N–H and O–H groups in total. The number of aliphatic hydroxyl groups is 4. The van der Waals surface area contributed by atoms with Crippen molar-refractivity contribution in [3.63, 3.8) is 0 Å². The summed E-state index contributed by atoms with van der Waals surface area (Å²) in [6.07, 6.45) is -3.10. The van der Waals surface area contributed by atoms with E-state index in [2.05, 4.69) is 9.05 Å². The molecule has 0 fully saturated rings. The number of hydrogen-bond donors (Lipinski definition) is 4. The summed E-state index contributed by atoms with van der Waals surface area (Å²) >= 11 is 0. The molecule has 0 heterocycles. The fraction of sp³-hybridized carbons (Fsp3) is 1.00. The smallest absolute Gasteiger partial charge is 0.319 e. The maximum Gasteiger partial charge on any atom is 0.319 e. The molecule has 86 valence electrons. The fourth-order valence-corrected chi connectivity index (χ4v) is 1.19. The molecule has 7 nitrogen and oxygen atoms in total. The van der Waals surface area contributed by atoms with Crippen molar-refractivity contribution in [2.45, 2.75) is 25.4 Å². The Morgan fingerprint density at radius 1 is 0.929 bits per heavy atom. The topological polar surface area (TPSA) is 116 Å². The van der Waals surface area contributed by atoms with Crippen LogP contribution in [-0.2, 0) is 13.6 Å². The molecular formula is C6H15O7P. The van der Waals surface area contributed by atoms with Crippen LogP contribution in [0, 0.1) is 0 Å². The van der Waals surface area contributed by atoms with E-state index in [4.69, 9.17) is 20.4 Å². The van der Waals surface area contributed by atoms with Crippen molar-refractivity contribution in [1.82, 2.24) is 0 Å². The summed E-state index contributed by atoms with van der Waals surface area (Å²) in [7, 11) is -2.68. The van der Waals surface area contributed by atoms with Gasteiger partial charge in [-0.1, -0.05) is 0 Å². The SMILES string of the molecule is O=[PH](OCCC(O)O)OCCC(O)O. The summed E-state index contributed by atoms with van der Waals surface area (Å²) in [5.41, 5.74) is 0. The summed E-state index contributed by atoms with van der Waals surface area (Å²) in [5, 5.41) is 33.6. The van der Waals surface area contributed by atoms with Gasteiger partial charge in [-0.15, -0.1) is 0 Å². The summed E-state index contributed by atoms with van der Waals surface area (Å²) in [6.45, 7) is -0.172. The third-order valence-electron chi connectivity index (χ3n) is 1.19.